The summed E-state index contributed by atoms with van der Waals surface area (Å²) in [7, 11) is 1.57. The molecular formula is C27H23NO6. The number of rotatable bonds is 5. The Balaban J connectivity index is 1.62. The summed E-state index contributed by atoms with van der Waals surface area (Å²) in [6.07, 6.45) is 0. The second-order valence-electron chi connectivity index (χ2n) is 8.04. The minimum Gasteiger partial charge on any atom is -0.507 e. The first-order valence-electron chi connectivity index (χ1n) is 10.9. The zero-order valence-corrected chi connectivity index (χ0v) is 18.6. The molecule has 5 rings (SSSR count). The molecule has 7 heteroatoms. The summed E-state index contributed by atoms with van der Waals surface area (Å²) >= 11 is 0. The standard InChI is InChI=1S/C27H23NO6/c1-32-20-10-7-18(8-11-20)24-23(25(29)19-9-12-21-22(15-19)34-14-13-33-21)26(30)27(31)28(24)16-17-5-3-2-4-6-17/h2-12,15,24,29H,13-14,16H2,1H3/b25-23+/t24-/m0/s1. The van der Waals surface area contributed by atoms with E-state index in [1.54, 1.807) is 49.6 Å². The number of Topliss-reactive ketones (excluding diaryl/α,β-unsaturated/α-hetero) is 1. The van der Waals surface area contributed by atoms with Crippen LogP contribution in [0, 0.1) is 0 Å². The Morgan fingerprint density at radius 2 is 1.68 bits per heavy atom. The molecule has 1 fully saturated rings. The van der Waals surface area contributed by atoms with E-state index in [2.05, 4.69) is 0 Å². The molecule has 0 unspecified atom stereocenters. The highest BCUT2D eigenvalue weighted by Gasteiger charge is 2.46. The molecule has 1 amide bonds. The Morgan fingerprint density at radius 1 is 0.971 bits per heavy atom. The van der Waals surface area contributed by atoms with Gasteiger partial charge in [-0.2, -0.15) is 0 Å². The lowest BCUT2D eigenvalue weighted by atomic mass is 9.95. The zero-order chi connectivity index (χ0) is 23.7. The number of likely N-dealkylation sites (tertiary alicyclic amines) is 1. The van der Waals surface area contributed by atoms with Crippen LogP contribution in [0.2, 0.25) is 0 Å². The number of amides is 1. The van der Waals surface area contributed by atoms with Crippen LogP contribution in [0.25, 0.3) is 5.76 Å². The SMILES string of the molecule is COc1ccc([C@H]2/C(=C(\O)c3ccc4c(c3)OCCO4)C(=O)C(=O)N2Cc2ccccc2)cc1. The van der Waals surface area contributed by atoms with Crippen molar-refractivity contribution in [2.24, 2.45) is 0 Å². The molecule has 1 N–H and O–H groups in total. The number of fused-ring (bicyclic) bond motifs is 1. The minimum atomic E-state index is -0.765. The van der Waals surface area contributed by atoms with Crippen LogP contribution in [0.15, 0.2) is 78.4 Å². The molecule has 0 bridgehead atoms. The van der Waals surface area contributed by atoms with E-state index in [0.29, 0.717) is 41.6 Å². The maximum Gasteiger partial charge on any atom is 0.295 e. The Bertz CT molecular complexity index is 1270. The molecule has 3 aromatic rings. The molecule has 3 aromatic carbocycles. The smallest absolute Gasteiger partial charge is 0.295 e. The molecule has 34 heavy (non-hydrogen) atoms. The quantitative estimate of drug-likeness (QED) is 0.353. The summed E-state index contributed by atoms with van der Waals surface area (Å²) in [5.74, 6) is 0.0454. The Hall–Kier alpha value is -4.26. The van der Waals surface area contributed by atoms with Crippen molar-refractivity contribution < 1.29 is 28.9 Å². The summed E-state index contributed by atoms with van der Waals surface area (Å²) < 4.78 is 16.4. The molecule has 2 aliphatic rings. The van der Waals surface area contributed by atoms with Crippen LogP contribution in [0.1, 0.15) is 22.7 Å². The summed E-state index contributed by atoms with van der Waals surface area (Å²) in [4.78, 5) is 27.9. The molecule has 2 heterocycles. The molecule has 2 aliphatic heterocycles. The van der Waals surface area contributed by atoms with Crippen molar-refractivity contribution in [3.05, 3.63) is 95.1 Å². The Kier molecular flexibility index (Phi) is 5.67. The number of ether oxygens (including phenoxy) is 3. The normalized spacial score (nSPS) is 18.7. The van der Waals surface area contributed by atoms with Crippen LogP contribution >= 0.6 is 0 Å². The van der Waals surface area contributed by atoms with Gasteiger partial charge in [-0.25, -0.2) is 0 Å². The Labute approximate surface area is 196 Å². The van der Waals surface area contributed by atoms with Crippen molar-refractivity contribution >= 4 is 17.4 Å². The summed E-state index contributed by atoms with van der Waals surface area (Å²) in [6, 6.07) is 20.8. The van der Waals surface area contributed by atoms with Gasteiger partial charge in [0.25, 0.3) is 11.7 Å². The fourth-order valence-corrected chi connectivity index (χ4v) is 4.30. The molecule has 7 nitrogen and oxygen atoms in total. The van der Waals surface area contributed by atoms with Gasteiger partial charge in [-0.1, -0.05) is 42.5 Å². The summed E-state index contributed by atoms with van der Waals surface area (Å²) in [6.45, 7) is 1.06. The van der Waals surface area contributed by atoms with E-state index >= 15 is 0 Å². The maximum atomic E-state index is 13.2. The zero-order valence-electron chi connectivity index (χ0n) is 18.6. The van der Waals surface area contributed by atoms with Gasteiger partial charge in [-0.3, -0.25) is 9.59 Å². The molecule has 1 atom stereocenters. The van der Waals surface area contributed by atoms with Gasteiger partial charge in [0.15, 0.2) is 11.5 Å². The first-order chi connectivity index (χ1) is 16.6. The number of ketones is 1. The first kappa shape index (κ1) is 21.6. The second-order valence-corrected chi connectivity index (χ2v) is 8.04. The highest BCUT2D eigenvalue weighted by atomic mass is 16.6. The monoisotopic (exact) mass is 457 g/mol. The van der Waals surface area contributed by atoms with Crippen LogP contribution in [-0.4, -0.2) is 42.0 Å². The van der Waals surface area contributed by atoms with Crippen LogP contribution in [0.4, 0.5) is 0 Å². The summed E-state index contributed by atoms with van der Waals surface area (Å²) in [5, 5.41) is 11.3. The van der Waals surface area contributed by atoms with Crippen molar-refractivity contribution in [3.63, 3.8) is 0 Å². The molecule has 0 aliphatic carbocycles. The van der Waals surface area contributed by atoms with Gasteiger partial charge < -0.3 is 24.2 Å². The molecule has 0 radical (unpaired) electrons. The van der Waals surface area contributed by atoms with E-state index < -0.39 is 17.7 Å². The third kappa shape index (κ3) is 3.85. The Morgan fingerprint density at radius 3 is 2.38 bits per heavy atom. The van der Waals surface area contributed by atoms with E-state index in [1.165, 1.54) is 4.90 Å². The van der Waals surface area contributed by atoms with Gasteiger partial charge in [-0.05, 0) is 41.5 Å². The highest BCUT2D eigenvalue weighted by molar-refractivity contribution is 6.46. The predicted molar refractivity (Wildman–Crippen MR) is 125 cm³/mol. The minimum absolute atomic E-state index is 0.0303. The number of carbonyl (C=O) groups is 2. The second kappa shape index (κ2) is 8.94. The predicted octanol–water partition coefficient (Wildman–Crippen LogP) is 4.09. The van der Waals surface area contributed by atoms with Gasteiger partial charge in [0.2, 0.25) is 0 Å². The van der Waals surface area contributed by atoms with E-state index in [1.807, 2.05) is 30.3 Å². The average Bonchev–Trinajstić information content (AvgIpc) is 3.13. The first-order valence-corrected chi connectivity index (χ1v) is 10.9. The number of nitrogens with zero attached hydrogens (tertiary/aromatic N) is 1. The number of hydrogen-bond donors (Lipinski definition) is 1. The molecule has 172 valence electrons. The van der Waals surface area contributed by atoms with Gasteiger partial charge in [-0.15, -0.1) is 0 Å². The lowest BCUT2D eigenvalue weighted by Gasteiger charge is -2.25. The molecule has 1 saturated heterocycles. The molecule has 0 saturated carbocycles. The van der Waals surface area contributed by atoms with E-state index in [-0.39, 0.29) is 17.9 Å². The number of hydrogen-bond acceptors (Lipinski definition) is 6. The van der Waals surface area contributed by atoms with Crippen molar-refractivity contribution in [1.82, 2.24) is 4.90 Å². The summed E-state index contributed by atoms with van der Waals surface area (Å²) in [5.41, 5.74) is 1.97. The molecule has 0 spiro atoms. The molecular weight excluding hydrogens is 434 g/mol. The number of benzene rings is 3. The third-order valence-electron chi connectivity index (χ3n) is 5.98. The fraction of sp³-hybridized carbons (Fsp3) is 0.185. The van der Waals surface area contributed by atoms with Crippen molar-refractivity contribution in [3.8, 4) is 17.2 Å². The molecule has 0 aromatic heterocycles. The van der Waals surface area contributed by atoms with Crippen LogP contribution < -0.4 is 14.2 Å². The lowest BCUT2D eigenvalue weighted by Crippen LogP contribution is -2.29. The number of aliphatic hydroxyl groups excluding tert-OH is 1. The van der Waals surface area contributed by atoms with Gasteiger partial charge in [0, 0.05) is 12.1 Å². The average molecular weight is 457 g/mol. The number of methoxy groups -OCH3 is 1. The maximum absolute atomic E-state index is 13.2. The number of aliphatic hydroxyl groups is 1. The topological polar surface area (TPSA) is 85.3 Å². The van der Waals surface area contributed by atoms with Crippen LogP contribution in [-0.2, 0) is 16.1 Å². The van der Waals surface area contributed by atoms with E-state index in [9.17, 15) is 14.7 Å². The van der Waals surface area contributed by atoms with Gasteiger partial charge in [0.1, 0.15) is 24.7 Å². The fourth-order valence-electron chi connectivity index (χ4n) is 4.30. The van der Waals surface area contributed by atoms with Crippen LogP contribution in [0.5, 0.6) is 17.2 Å². The third-order valence-corrected chi connectivity index (χ3v) is 5.98. The van der Waals surface area contributed by atoms with E-state index in [0.717, 1.165) is 5.56 Å². The van der Waals surface area contributed by atoms with Crippen molar-refractivity contribution in [2.75, 3.05) is 20.3 Å². The number of carbonyl (C=O) groups excluding carboxylic acids is 2. The van der Waals surface area contributed by atoms with Gasteiger partial charge >= 0.3 is 0 Å². The largest absolute Gasteiger partial charge is 0.507 e. The van der Waals surface area contributed by atoms with Crippen LogP contribution in [0.3, 0.4) is 0 Å². The van der Waals surface area contributed by atoms with Crippen molar-refractivity contribution in [2.45, 2.75) is 12.6 Å². The van der Waals surface area contributed by atoms with Gasteiger partial charge in [0.05, 0.1) is 18.7 Å². The van der Waals surface area contributed by atoms with E-state index in [4.69, 9.17) is 14.2 Å². The highest BCUT2D eigenvalue weighted by Crippen LogP contribution is 2.42. The lowest BCUT2D eigenvalue weighted by molar-refractivity contribution is -0.140. The van der Waals surface area contributed by atoms with Crippen molar-refractivity contribution in [1.29, 1.82) is 0 Å².